The lowest BCUT2D eigenvalue weighted by atomic mass is 9.80. The first-order valence-electron chi connectivity index (χ1n) is 12.4. The Bertz CT molecular complexity index is 636. The minimum atomic E-state index is -1.36. The van der Waals surface area contributed by atoms with E-state index in [1.807, 2.05) is 18.7 Å². The number of hydrogen-bond acceptors (Lipinski definition) is 8. The number of hydrogen-bond donors (Lipinski definition) is 4. The first kappa shape index (κ1) is 28.8. The van der Waals surface area contributed by atoms with Crippen LogP contribution in [0.2, 0.25) is 0 Å². The molecule has 0 bridgehead atoms. The fourth-order valence-electron chi connectivity index (χ4n) is 6.10. The number of β-amino-alcohol motifs (C(OH)–C–C–N with tert-alkyl or cyclic N) is 1. The van der Waals surface area contributed by atoms with Crippen LogP contribution in [-0.2, 0) is 9.53 Å². The van der Waals surface area contributed by atoms with Crippen molar-refractivity contribution in [2.75, 3.05) is 19.3 Å². The third-order valence-corrected chi connectivity index (χ3v) is 8.28. The summed E-state index contributed by atoms with van der Waals surface area (Å²) in [5, 5.41) is 42.3. The first-order valence-corrected chi connectivity index (χ1v) is 13.7. The lowest BCUT2D eigenvalue weighted by Crippen LogP contribution is -2.72. The van der Waals surface area contributed by atoms with Gasteiger partial charge in [-0.05, 0) is 44.3 Å². The van der Waals surface area contributed by atoms with Crippen LogP contribution in [0, 0.1) is 11.8 Å². The summed E-state index contributed by atoms with van der Waals surface area (Å²) in [5.74, 6) is -0.0778. The molecule has 4 N–H and O–H groups in total. The summed E-state index contributed by atoms with van der Waals surface area (Å²) >= 11 is 1.28. The summed E-state index contributed by atoms with van der Waals surface area (Å²) in [5.41, 5.74) is -1.34. The molecule has 2 aliphatic heterocycles. The van der Waals surface area contributed by atoms with Crippen molar-refractivity contribution in [2.45, 2.75) is 115 Å². The Hall–Kier alpha value is -0.420. The lowest BCUT2D eigenvalue weighted by Gasteiger charge is -2.57. The fraction of sp³-hybridized carbons (Fsp3) is 0.958. The highest BCUT2D eigenvalue weighted by molar-refractivity contribution is 7.99. The van der Waals surface area contributed by atoms with E-state index in [1.54, 1.807) is 20.1 Å². The van der Waals surface area contributed by atoms with Gasteiger partial charge in [-0.2, -0.15) is 0 Å². The van der Waals surface area contributed by atoms with Crippen molar-refractivity contribution >= 4 is 17.7 Å². The van der Waals surface area contributed by atoms with Gasteiger partial charge < -0.3 is 30.1 Å². The third-order valence-electron chi connectivity index (χ3n) is 7.43. The summed E-state index contributed by atoms with van der Waals surface area (Å²) in [7, 11) is 0. The molecule has 0 aromatic rings. The number of aliphatic hydroxyl groups excluding tert-OH is 4. The summed E-state index contributed by atoms with van der Waals surface area (Å²) < 4.78 is 6.19. The maximum absolute atomic E-state index is 13.5. The molecule has 33 heavy (non-hydrogen) atoms. The largest absolute Gasteiger partial charge is 0.392 e. The molecule has 1 amide bonds. The number of carbonyl (C=O) groups excluding carboxylic acids is 1. The molecular weight excluding hydrogens is 444 g/mol. The summed E-state index contributed by atoms with van der Waals surface area (Å²) in [6.07, 6.45) is 0.0215. The highest BCUT2D eigenvalue weighted by Gasteiger charge is 2.57. The highest BCUT2D eigenvalue weighted by Crippen LogP contribution is 2.45. The van der Waals surface area contributed by atoms with E-state index in [0.717, 1.165) is 32.2 Å². The zero-order valence-electron chi connectivity index (χ0n) is 21.3. The van der Waals surface area contributed by atoms with Gasteiger partial charge in [-0.25, -0.2) is 0 Å². The van der Waals surface area contributed by atoms with E-state index in [9.17, 15) is 25.2 Å². The second-order valence-electron chi connectivity index (χ2n) is 10.3. The van der Waals surface area contributed by atoms with Gasteiger partial charge in [-0.3, -0.25) is 9.69 Å². The Morgan fingerprint density at radius 2 is 1.82 bits per heavy atom. The summed E-state index contributed by atoms with van der Waals surface area (Å²) in [4.78, 5) is 17.6. The molecule has 2 saturated heterocycles. The van der Waals surface area contributed by atoms with Gasteiger partial charge in [0.2, 0.25) is 5.91 Å². The van der Waals surface area contributed by atoms with Gasteiger partial charge in [0.1, 0.15) is 29.9 Å². The Labute approximate surface area is 203 Å². The molecule has 0 aliphatic carbocycles. The molecule has 2 aliphatic rings. The minimum Gasteiger partial charge on any atom is -0.392 e. The van der Waals surface area contributed by atoms with Gasteiger partial charge in [-0.15, -0.1) is 11.8 Å². The average molecular weight is 491 g/mol. The van der Waals surface area contributed by atoms with E-state index < -0.39 is 47.7 Å². The zero-order valence-corrected chi connectivity index (χ0v) is 22.2. The van der Waals surface area contributed by atoms with Crippen molar-refractivity contribution in [1.82, 2.24) is 9.80 Å². The quantitative estimate of drug-likeness (QED) is 0.366. The number of aliphatic hydroxyl groups is 4. The molecule has 194 valence electrons. The van der Waals surface area contributed by atoms with Gasteiger partial charge in [0.05, 0.1) is 17.8 Å². The van der Waals surface area contributed by atoms with Crippen LogP contribution in [0.25, 0.3) is 0 Å². The molecule has 0 radical (unpaired) electrons. The van der Waals surface area contributed by atoms with Crippen molar-refractivity contribution in [3.8, 4) is 0 Å². The molecule has 8 nitrogen and oxygen atoms in total. The second-order valence-corrected chi connectivity index (χ2v) is 11.2. The van der Waals surface area contributed by atoms with Crippen LogP contribution in [0.5, 0.6) is 0 Å². The second kappa shape index (κ2) is 12.0. The minimum absolute atomic E-state index is 0.0850. The Balaban J connectivity index is 2.63. The fourth-order valence-corrected chi connectivity index (χ4v) is 6.78. The highest BCUT2D eigenvalue weighted by atomic mass is 32.2. The molecule has 2 heterocycles. The van der Waals surface area contributed by atoms with Crippen molar-refractivity contribution in [1.29, 1.82) is 0 Å². The van der Waals surface area contributed by atoms with Crippen molar-refractivity contribution in [3.63, 3.8) is 0 Å². The van der Waals surface area contributed by atoms with Gasteiger partial charge >= 0.3 is 0 Å². The zero-order chi connectivity index (χ0) is 25.1. The van der Waals surface area contributed by atoms with Gasteiger partial charge in [0, 0.05) is 20.0 Å². The number of likely N-dealkylation sites (tertiary alicyclic amines) is 1. The number of thioether (sulfide) groups is 1. The molecule has 2 rings (SSSR count). The van der Waals surface area contributed by atoms with E-state index >= 15 is 0 Å². The first-order chi connectivity index (χ1) is 15.4. The molecule has 9 heteroatoms. The van der Waals surface area contributed by atoms with E-state index in [1.165, 1.54) is 11.8 Å². The number of carbonyl (C=O) groups is 1. The number of ether oxygens (including phenoxy) is 1. The summed E-state index contributed by atoms with van der Waals surface area (Å²) in [6.45, 7) is 12.8. The standard InChI is InChI=1S/C24H46N2O6S/c1-8-10-15(4)24(11-9-12-25(24)13-16(5)27)26(17(6)28)18(14(2)3)22-20(30)19(29)21(31)23(32-22)33-7/h14-16,18-23,27,29-31H,8-13H2,1-7H3/t15-,16-,18?,19?,20?,21?,22?,23?,24+/m1/s1. The van der Waals surface area contributed by atoms with E-state index in [0.29, 0.717) is 6.54 Å². The van der Waals surface area contributed by atoms with E-state index in [4.69, 9.17) is 4.74 Å². The van der Waals surface area contributed by atoms with Gasteiger partial charge in [0.15, 0.2) is 0 Å². The van der Waals surface area contributed by atoms with E-state index in [-0.39, 0.29) is 17.7 Å². The molecule has 0 aromatic carbocycles. The van der Waals surface area contributed by atoms with Gasteiger partial charge in [0.25, 0.3) is 0 Å². The topological polar surface area (TPSA) is 114 Å². The monoisotopic (exact) mass is 490 g/mol. The van der Waals surface area contributed by atoms with Crippen molar-refractivity contribution in [2.24, 2.45) is 11.8 Å². The van der Waals surface area contributed by atoms with Crippen LogP contribution in [0.4, 0.5) is 0 Å². The smallest absolute Gasteiger partial charge is 0.221 e. The van der Waals surface area contributed by atoms with Crippen molar-refractivity contribution < 1.29 is 30.0 Å². The van der Waals surface area contributed by atoms with Crippen LogP contribution in [0.15, 0.2) is 0 Å². The van der Waals surface area contributed by atoms with E-state index in [2.05, 4.69) is 18.7 Å². The Kier molecular flexibility index (Phi) is 10.5. The number of rotatable bonds is 10. The maximum Gasteiger partial charge on any atom is 0.221 e. The lowest BCUT2D eigenvalue weighted by molar-refractivity contribution is -0.232. The van der Waals surface area contributed by atoms with Crippen LogP contribution >= 0.6 is 11.8 Å². The van der Waals surface area contributed by atoms with Crippen molar-refractivity contribution in [3.05, 3.63) is 0 Å². The van der Waals surface area contributed by atoms with Crippen LogP contribution in [0.3, 0.4) is 0 Å². The third kappa shape index (κ3) is 5.71. The Morgan fingerprint density at radius 1 is 1.18 bits per heavy atom. The predicted molar refractivity (Wildman–Crippen MR) is 131 cm³/mol. The number of nitrogens with zero attached hydrogens (tertiary/aromatic N) is 2. The van der Waals surface area contributed by atoms with Crippen LogP contribution in [0.1, 0.15) is 67.2 Å². The van der Waals surface area contributed by atoms with Crippen LogP contribution in [-0.4, -0.2) is 103 Å². The normalized spacial score (nSPS) is 36.1. The SMILES string of the molecule is CCC[C@@H](C)[C@@]1(N(C(C)=O)C(C(C)C)C2OC(SC)C(O)C(O)C2O)CCCN1C[C@@H](C)O. The maximum atomic E-state index is 13.5. The van der Waals surface area contributed by atoms with Gasteiger partial charge in [-0.1, -0.05) is 34.1 Å². The molecule has 0 spiro atoms. The van der Waals surface area contributed by atoms with Crippen LogP contribution < -0.4 is 0 Å². The molecule has 6 unspecified atom stereocenters. The predicted octanol–water partition coefficient (Wildman–Crippen LogP) is 1.64. The molecule has 9 atom stereocenters. The average Bonchev–Trinajstić information content (AvgIpc) is 3.14. The molecular formula is C24H46N2O6S. The molecule has 0 saturated carbocycles. The molecule has 2 fully saturated rings. The summed E-state index contributed by atoms with van der Waals surface area (Å²) in [6, 6.07) is -0.525. The Morgan fingerprint density at radius 3 is 2.30 bits per heavy atom. The number of amides is 1. The molecule has 0 aromatic heterocycles.